The Hall–Kier alpha value is -0.570. The van der Waals surface area contributed by atoms with Crippen LogP contribution in [0.25, 0.3) is 0 Å². The lowest BCUT2D eigenvalue weighted by molar-refractivity contribution is 0.924. The van der Waals surface area contributed by atoms with Gasteiger partial charge in [0.1, 0.15) is 10.4 Å². The molecule has 0 radical (unpaired) electrons. The third kappa shape index (κ3) is 1.85. The summed E-state index contributed by atoms with van der Waals surface area (Å²) >= 11 is 3.41. The zero-order valence-electron chi connectivity index (χ0n) is 7.76. The molecule has 0 unspecified atom stereocenters. The molecule has 0 saturated carbocycles. The molecule has 13 heavy (non-hydrogen) atoms. The summed E-state index contributed by atoms with van der Waals surface area (Å²) in [5.74, 6) is 1.15. The predicted octanol–water partition coefficient (Wildman–Crippen LogP) is 2.75. The maximum absolute atomic E-state index is 4.50. The predicted molar refractivity (Wildman–Crippen MR) is 58.1 cm³/mol. The molecule has 0 N–H and O–H groups in total. The summed E-state index contributed by atoms with van der Waals surface area (Å²) in [4.78, 5) is 6.86. The van der Waals surface area contributed by atoms with E-state index >= 15 is 0 Å². The minimum atomic E-state index is 0.931. The Morgan fingerprint density at radius 2 is 2.00 bits per heavy atom. The number of aryl methyl sites for hydroxylation is 1. The number of anilines is 1. The van der Waals surface area contributed by atoms with Crippen LogP contribution in [0.4, 0.5) is 5.82 Å². The van der Waals surface area contributed by atoms with Crippen LogP contribution in [0.3, 0.4) is 0 Å². The molecule has 0 atom stereocenters. The minimum Gasteiger partial charge on any atom is -0.356 e. The van der Waals surface area contributed by atoms with E-state index in [0.29, 0.717) is 0 Å². The van der Waals surface area contributed by atoms with Crippen molar-refractivity contribution in [1.29, 1.82) is 0 Å². The van der Waals surface area contributed by atoms with E-state index in [9.17, 15) is 0 Å². The van der Waals surface area contributed by atoms with Crippen molar-refractivity contribution in [2.45, 2.75) is 19.8 Å². The highest BCUT2D eigenvalue weighted by atomic mass is 79.9. The molecule has 2 heterocycles. The van der Waals surface area contributed by atoms with Crippen LogP contribution in [0, 0.1) is 6.92 Å². The summed E-state index contributed by atoms with van der Waals surface area (Å²) < 4.78 is 0.931. The maximum Gasteiger partial charge on any atom is 0.132 e. The molecule has 1 fully saturated rings. The lowest BCUT2D eigenvalue weighted by Crippen LogP contribution is -2.20. The molecule has 1 aliphatic rings. The average Bonchev–Trinajstić information content (AvgIpc) is 2.61. The van der Waals surface area contributed by atoms with Crippen molar-refractivity contribution in [2.75, 3.05) is 18.0 Å². The van der Waals surface area contributed by atoms with Crippen molar-refractivity contribution in [3.05, 3.63) is 22.3 Å². The molecule has 2 rings (SSSR count). The minimum absolute atomic E-state index is 0.931. The Labute approximate surface area is 87.1 Å². The van der Waals surface area contributed by atoms with Crippen molar-refractivity contribution in [2.24, 2.45) is 0 Å². The molecule has 70 valence electrons. The highest BCUT2D eigenvalue weighted by molar-refractivity contribution is 9.10. The molecule has 1 aromatic rings. The van der Waals surface area contributed by atoms with Gasteiger partial charge in [-0.25, -0.2) is 4.98 Å². The fourth-order valence-electron chi connectivity index (χ4n) is 1.74. The largest absolute Gasteiger partial charge is 0.356 e. The molecule has 0 spiro atoms. The standard InChI is InChI=1S/C10H13BrN2/c1-8-4-5-9(11)12-10(8)13-6-2-3-7-13/h4-5H,2-3,6-7H2,1H3. The first-order valence-electron chi connectivity index (χ1n) is 4.65. The second-order valence-electron chi connectivity index (χ2n) is 3.47. The van der Waals surface area contributed by atoms with Crippen LogP contribution in [-0.2, 0) is 0 Å². The number of hydrogen-bond acceptors (Lipinski definition) is 2. The molecule has 0 bridgehead atoms. The summed E-state index contributed by atoms with van der Waals surface area (Å²) in [6.07, 6.45) is 2.60. The van der Waals surface area contributed by atoms with E-state index in [4.69, 9.17) is 0 Å². The van der Waals surface area contributed by atoms with Gasteiger partial charge in [-0.15, -0.1) is 0 Å². The Morgan fingerprint density at radius 3 is 2.69 bits per heavy atom. The summed E-state index contributed by atoms with van der Waals surface area (Å²) in [5, 5.41) is 0. The van der Waals surface area contributed by atoms with E-state index in [0.717, 1.165) is 23.5 Å². The van der Waals surface area contributed by atoms with Crippen LogP contribution in [0.1, 0.15) is 18.4 Å². The highest BCUT2D eigenvalue weighted by Gasteiger charge is 2.15. The van der Waals surface area contributed by atoms with Gasteiger partial charge in [-0.2, -0.15) is 0 Å². The summed E-state index contributed by atoms with van der Waals surface area (Å²) in [6, 6.07) is 4.11. The van der Waals surface area contributed by atoms with Gasteiger partial charge < -0.3 is 4.90 Å². The third-order valence-electron chi connectivity index (χ3n) is 2.44. The Morgan fingerprint density at radius 1 is 1.31 bits per heavy atom. The van der Waals surface area contributed by atoms with Crippen molar-refractivity contribution in [3.8, 4) is 0 Å². The van der Waals surface area contributed by atoms with E-state index in [-0.39, 0.29) is 0 Å². The SMILES string of the molecule is Cc1ccc(Br)nc1N1CCCC1. The topological polar surface area (TPSA) is 16.1 Å². The smallest absolute Gasteiger partial charge is 0.132 e. The average molecular weight is 241 g/mol. The Kier molecular flexibility index (Phi) is 2.54. The van der Waals surface area contributed by atoms with Crippen LogP contribution < -0.4 is 4.90 Å². The number of nitrogens with zero attached hydrogens (tertiary/aromatic N) is 2. The van der Waals surface area contributed by atoms with Crippen molar-refractivity contribution in [1.82, 2.24) is 4.98 Å². The third-order valence-corrected chi connectivity index (χ3v) is 2.88. The van der Waals surface area contributed by atoms with E-state index in [1.165, 1.54) is 18.4 Å². The van der Waals surface area contributed by atoms with Gasteiger partial charge in [-0.1, -0.05) is 6.07 Å². The van der Waals surface area contributed by atoms with Gasteiger partial charge >= 0.3 is 0 Å². The number of rotatable bonds is 1. The van der Waals surface area contributed by atoms with Crippen molar-refractivity contribution < 1.29 is 0 Å². The van der Waals surface area contributed by atoms with Crippen LogP contribution >= 0.6 is 15.9 Å². The zero-order valence-corrected chi connectivity index (χ0v) is 9.34. The van der Waals surface area contributed by atoms with Crippen LogP contribution in [0.2, 0.25) is 0 Å². The lowest BCUT2D eigenvalue weighted by Gasteiger charge is -2.18. The van der Waals surface area contributed by atoms with Gasteiger partial charge in [0.2, 0.25) is 0 Å². The normalized spacial score (nSPS) is 16.6. The van der Waals surface area contributed by atoms with Gasteiger partial charge in [0, 0.05) is 13.1 Å². The van der Waals surface area contributed by atoms with E-state index in [1.54, 1.807) is 0 Å². The van der Waals surface area contributed by atoms with Gasteiger partial charge in [0.15, 0.2) is 0 Å². The number of hydrogen-bond donors (Lipinski definition) is 0. The number of aromatic nitrogens is 1. The first kappa shape index (κ1) is 9.00. The summed E-state index contributed by atoms with van der Waals surface area (Å²) in [7, 11) is 0. The Balaban J connectivity index is 2.32. The van der Waals surface area contributed by atoms with Gasteiger partial charge in [-0.05, 0) is 47.3 Å². The van der Waals surface area contributed by atoms with Crippen molar-refractivity contribution in [3.63, 3.8) is 0 Å². The first-order valence-corrected chi connectivity index (χ1v) is 5.45. The maximum atomic E-state index is 4.50. The molecule has 2 nitrogen and oxygen atoms in total. The van der Waals surface area contributed by atoms with Crippen LogP contribution in [0.15, 0.2) is 16.7 Å². The lowest BCUT2D eigenvalue weighted by atomic mass is 10.3. The second kappa shape index (κ2) is 3.66. The molecule has 3 heteroatoms. The van der Waals surface area contributed by atoms with Gasteiger partial charge in [0.05, 0.1) is 0 Å². The van der Waals surface area contributed by atoms with E-state index in [2.05, 4.69) is 38.8 Å². The molecule has 1 aromatic heterocycles. The van der Waals surface area contributed by atoms with Gasteiger partial charge in [-0.3, -0.25) is 0 Å². The number of pyridine rings is 1. The first-order chi connectivity index (χ1) is 6.27. The molecule has 1 saturated heterocycles. The van der Waals surface area contributed by atoms with Crippen LogP contribution in [-0.4, -0.2) is 18.1 Å². The quantitative estimate of drug-likeness (QED) is 0.703. The fourth-order valence-corrected chi connectivity index (χ4v) is 2.04. The molecular weight excluding hydrogens is 228 g/mol. The molecule has 1 aliphatic heterocycles. The second-order valence-corrected chi connectivity index (χ2v) is 4.28. The molecule has 0 amide bonds. The number of halogens is 1. The molecular formula is C10H13BrN2. The summed E-state index contributed by atoms with van der Waals surface area (Å²) in [5.41, 5.74) is 1.27. The van der Waals surface area contributed by atoms with E-state index in [1.807, 2.05) is 6.07 Å². The Bertz CT molecular complexity index is 306. The van der Waals surface area contributed by atoms with Crippen molar-refractivity contribution >= 4 is 21.7 Å². The molecule has 0 aliphatic carbocycles. The fraction of sp³-hybridized carbons (Fsp3) is 0.500. The van der Waals surface area contributed by atoms with E-state index < -0.39 is 0 Å². The zero-order chi connectivity index (χ0) is 9.26. The van der Waals surface area contributed by atoms with Gasteiger partial charge in [0.25, 0.3) is 0 Å². The molecule has 0 aromatic carbocycles. The highest BCUT2D eigenvalue weighted by Crippen LogP contribution is 2.23. The summed E-state index contributed by atoms with van der Waals surface area (Å²) in [6.45, 7) is 4.43. The monoisotopic (exact) mass is 240 g/mol. The van der Waals surface area contributed by atoms with Crippen LogP contribution in [0.5, 0.6) is 0 Å².